The van der Waals surface area contributed by atoms with Crippen LogP contribution in [0.5, 0.6) is 0 Å². The van der Waals surface area contributed by atoms with Gasteiger partial charge in [-0.15, -0.1) is 0 Å². The Labute approximate surface area is 165 Å². The fourth-order valence-electron chi connectivity index (χ4n) is 4.65. The third-order valence-electron chi connectivity index (χ3n) is 6.46. The molecule has 0 radical (unpaired) electrons. The Bertz CT molecular complexity index is 938. The van der Waals surface area contributed by atoms with E-state index in [4.69, 9.17) is 5.73 Å². The molecular formula is C22H28N4O2. The van der Waals surface area contributed by atoms with E-state index < -0.39 is 0 Å². The molecular weight excluding hydrogens is 352 g/mol. The number of anilines is 1. The van der Waals surface area contributed by atoms with Gasteiger partial charge in [0.2, 0.25) is 11.9 Å². The number of amides is 1. The Morgan fingerprint density at radius 3 is 2.54 bits per heavy atom. The summed E-state index contributed by atoms with van der Waals surface area (Å²) in [4.78, 5) is 34.0. The highest BCUT2D eigenvalue weighted by Gasteiger charge is 2.44. The van der Waals surface area contributed by atoms with E-state index in [1.54, 1.807) is 0 Å². The Morgan fingerprint density at radius 2 is 1.89 bits per heavy atom. The number of piperidine rings is 1. The van der Waals surface area contributed by atoms with E-state index in [0.717, 1.165) is 42.5 Å². The molecule has 0 unspecified atom stereocenters. The summed E-state index contributed by atoms with van der Waals surface area (Å²) in [7, 11) is 0. The van der Waals surface area contributed by atoms with Gasteiger partial charge in [-0.1, -0.05) is 38.1 Å². The van der Waals surface area contributed by atoms with Gasteiger partial charge in [-0.3, -0.25) is 14.6 Å². The van der Waals surface area contributed by atoms with Crippen LogP contribution >= 0.6 is 0 Å². The van der Waals surface area contributed by atoms with Gasteiger partial charge < -0.3 is 10.6 Å². The summed E-state index contributed by atoms with van der Waals surface area (Å²) in [6, 6.07) is 8.35. The molecule has 0 atom stereocenters. The van der Waals surface area contributed by atoms with Crippen LogP contribution in [0.1, 0.15) is 61.4 Å². The molecule has 1 aliphatic carbocycles. The Morgan fingerprint density at radius 1 is 1.21 bits per heavy atom. The van der Waals surface area contributed by atoms with Crippen molar-refractivity contribution in [1.82, 2.24) is 14.9 Å². The van der Waals surface area contributed by atoms with Crippen LogP contribution in [0, 0.1) is 0 Å². The largest absolute Gasteiger partial charge is 0.369 e. The van der Waals surface area contributed by atoms with E-state index >= 15 is 0 Å². The van der Waals surface area contributed by atoms with Gasteiger partial charge in [0.1, 0.15) is 0 Å². The van der Waals surface area contributed by atoms with E-state index in [2.05, 4.69) is 48.1 Å². The summed E-state index contributed by atoms with van der Waals surface area (Å²) >= 11 is 0. The van der Waals surface area contributed by atoms with Crippen molar-refractivity contribution in [2.45, 2.75) is 57.3 Å². The summed E-state index contributed by atoms with van der Waals surface area (Å²) in [5, 5.41) is 0. The van der Waals surface area contributed by atoms with E-state index in [1.807, 2.05) is 4.90 Å². The number of aromatic nitrogens is 2. The molecule has 3 N–H and O–H groups in total. The van der Waals surface area contributed by atoms with Gasteiger partial charge in [-0.05, 0) is 42.7 Å². The minimum Gasteiger partial charge on any atom is -0.369 e. The molecule has 1 fully saturated rings. The Balaban J connectivity index is 1.42. The number of hydrogen-bond donors (Lipinski definition) is 2. The molecule has 0 saturated carbocycles. The van der Waals surface area contributed by atoms with Crippen molar-refractivity contribution >= 4 is 11.9 Å². The molecule has 6 heteroatoms. The van der Waals surface area contributed by atoms with Gasteiger partial charge in [-0.25, -0.2) is 4.98 Å². The predicted molar refractivity (Wildman–Crippen MR) is 109 cm³/mol. The van der Waals surface area contributed by atoms with Crippen LogP contribution < -0.4 is 11.3 Å². The molecule has 2 heterocycles. The Kier molecular flexibility index (Phi) is 4.73. The first-order valence-corrected chi connectivity index (χ1v) is 10.1. The number of nitrogens with one attached hydrogen (secondary N) is 1. The number of rotatable bonds is 3. The lowest BCUT2D eigenvalue weighted by molar-refractivity contribution is -0.132. The van der Waals surface area contributed by atoms with Crippen LogP contribution in [0.3, 0.4) is 0 Å². The van der Waals surface area contributed by atoms with Crippen molar-refractivity contribution < 1.29 is 4.79 Å². The van der Waals surface area contributed by atoms with Gasteiger partial charge >= 0.3 is 0 Å². The molecule has 0 bridgehead atoms. The minimum absolute atomic E-state index is 0.104. The maximum atomic E-state index is 12.8. The van der Waals surface area contributed by atoms with Crippen molar-refractivity contribution in [2.75, 3.05) is 18.8 Å². The number of nitrogens with zero attached hydrogens (tertiary/aromatic N) is 2. The maximum Gasteiger partial charge on any atom is 0.255 e. The fraction of sp³-hybridized carbons (Fsp3) is 0.500. The molecule has 2 aliphatic rings. The molecule has 6 nitrogen and oxygen atoms in total. The summed E-state index contributed by atoms with van der Waals surface area (Å²) < 4.78 is 0. The number of nitrogens with two attached hydrogens (primary N) is 1. The van der Waals surface area contributed by atoms with Crippen LogP contribution in [-0.4, -0.2) is 33.9 Å². The van der Waals surface area contributed by atoms with Crippen molar-refractivity contribution in [3.05, 3.63) is 57.0 Å². The number of carbonyl (C=O) groups excluding carboxylic acids is 1. The summed E-state index contributed by atoms with van der Waals surface area (Å²) in [6.07, 6.45) is 3.78. The second kappa shape index (κ2) is 7.08. The van der Waals surface area contributed by atoms with Crippen LogP contribution in [0.25, 0.3) is 0 Å². The lowest BCUT2D eigenvalue weighted by Crippen LogP contribution is -2.45. The van der Waals surface area contributed by atoms with Gasteiger partial charge in [0.25, 0.3) is 5.56 Å². The number of hydrogen-bond acceptors (Lipinski definition) is 4. The zero-order valence-corrected chi connectivity index (χ0v) is 16.6. The van der Waals surface area contributed by atoms with E-state index in [9.17, 15) is 9.59 Å². The predicted octanol–water partition coefficient (Wildman–Crippen LogP) is 2.52. The molecule has 1 saturated heterocycles. The van der Waals surface area contributed by atoms with E-state index in [0.29, 0.717) is 25.4 Å². The normalized spacial score (nSPS) is 17.9. The smallest absolute Gasteiger partial charge is 0.255 e. The highest BCUT2D eigenvalue weighted by atomic mass is 16.2. The fourth-order valence-corrected chi connectivity index (χ4v) is 4.65. The third kappa shape index (κ3) is 3.32. The lowest BCUT2D eigenvalue weighted by Gasteiger charge is -2.39. The molecule has 2 aromatic rings. The van der Waals surface area contributed by atoms with Crippen molar-refractivity contribution in [2.24, 2.45) is 0 Å². The number of carbonyl (C=O) groups is 1. The van der Waals surface area contributed by atoms with Gasteiger partial charge in [0, 0.05) is 24.1 Å². The van der Waals surface area contributed by atoms with Crippen LogP contribution in [-0.2, 0) is 23.1 Å². The molecule has 4 rings (SSSR count). The topological polar surface area (TPSA) is 92.1 Å². The van der Waals surface area contributed by atoms with Crippen molar-refractivity contribution in [3.8, 4) is 0 Å². The highest BCUT2D eigenvalue weighted by molar-refractivity contribution is 5.79. The van der Waals surface area contributed by atoms with Crippen LogP contribution in [0.4, 0.5) is 5.95 Å². The number of fused-ring (bicyclic) bond motifs is 2. The van der Waals surface area contributed by atoms with Crippen LogP contribution in [0.15, 0.2) is 29.1 Å². The highest BCUT2D eigenvalue weighted by Crippen LogP contribution is 2.44. The standard InChI is InChI=1S/C22H28N4O2/c1-14(2)16-5-3-15(4-6-16)13-18(27)26-11-9-22(10-12-26)8-7-17-19(22)24-21(23)25-20(17)28/h3-6,14H,7-13H2,1-2H3,(H3,23,24,25,28). The summed E-state index contributed by atoms with van der Waals surface area (Å²) in [5.74, 6) is 0.851. The number of H-pyrrole nitrogens is 1. The average molecular weight is 380 g/mol. The van der Waals surface area contributed by atoms with Crippen molar-refractivity contribution in [1.29, 1.82) is 0 Å². The van der Waals surface area contributed by atoms with E-state index in [1.165, 1.54) is 5.56 Å². The van der Waals surface area contributed by atoms with Crippen molar-refractivity contribution in [3.63, 3.8) is 0 Å². The number of nitrogen functional groups attached to an aromatic ring is 1. The molecule has 1 spiro atoms. The zero-order chi connectivity index (χ0) is 19.9. The van der Waals surface area contributed by atoms with Gasteiger partial charge in [0.05, 0.1) is 12.1 Å². The second-order valence-corrected chi connectivity index (χ2v) is 8.51. The molecule has 28 heavy (non-hydrogen) atoms. The minimum atomic E-state index is -0.109. The van der Waals surface area contributed by atoms with E-state index in [-0.39, 0.29) is 22.8 Å². The molecule has 1 amide bonds. The summed E-state index contributed by atoms with van der Waals surface area (Å²) in [5.41, 5.74) is 9.56. The maximum absolute atomic E-state index is 12.8. The SMILES string of the molecule is CC(C)c1ccc(CC(=O)N2CCC3(CCc4c3nc(N)[nH]c4=O)CC2)cc1. The first kappa shape index (κ1) is 18.7. The summed E-state index contributed by atoms with van der Waals surface area (Å²) in [6.45, 7) is 5.75. The quantitative estimate of drug-likeness (QED) is 0.856. The number of aromatic amines is 1. The molecule has 1 aliphatic heterocycles. The lowest BCUT2D eigenvalue weighted by atomic mass is 9.76. The monoisotopic (exact) mass is 380 g/mol. The second-order valence-electron chi connectivity index (χ2n) is 8.51. The molecule has 1 aromatic heterocycles. The van der Waals surface area contributed by atoms with Crippen LogP contribution in [0.2, 0.25) is 0 Å². The Hall–Kier alpha value is -2.63. The van der Waals surface area contributed by atoms with Gasteiger partial charge in [-0.2, -0.15) is 0 Å². The first-order chi connectivity index (χ1) is 13.4. The van der Waals surface area contributed by atoms with Gasteiger partial charge in [0.15, 0.2) is 0 Å². The molecule has 148 valence electrons. The first-order valence-electron chi connectivity index (χ1n) is 10.1. The number of benzene rings is 1. The third-order valence-corrected chi connectivity index (χ3v) is 6.46. The number of likely N-dealkylation sites (tertiary alicyclic amines) is 1. The zero-order valence-electron chi connectivity index (χ0n) is 16.6. The average Bonchev–Trinajstić information content (AvgIpc) is 3.01. The molecule has 1 aromatic carbocycles.